The van der Waals surface area contributed by atoms with E-state index in [0.29, 0.717) is 5.69 Å². The van der Waals surface area contributed by atoms with Crippen LogP contribution >= 0.6 is 0 Å². The van der Waals surface area contributed by atoms with E-state index < -0.39 is 5.41 Å². The SMILES string of the molecule is CC(C)(C)c1ccc(NC(=O)CONC(=O)C(C)(C)c2ccccc2)cc1. The molecule has 0 saturated carbocycles. The molecule has 2 rings (SSSR count). The van der Waals surface area contributed by atoms with Crippen molar-refractivity contribution in [2.24, 2.45) is 0 Å². The van der Waals surface area contributed by atoms with Crippen LogP contribution in [0.2, 0.25) is 0 Å². The van der Waals surface area contributed by atoms with Gasteiger partial charge in [0.1, 0.15) is 0 Å². The lowest BCUT2D eigenvalue weighted by Crippen LogP contribution is -2.41. The number of hydrogen-bond donors (Lipinski definition) is 2. The van der Waals surface area contributed by atoms with Gasteiger partial charge >= 0.3 is 0 Å². The zero-order valence-corrected chi connectivity index (χ0v) is 16.6. The van der Waals surface area contributed by atoms with Crippen LogP contribution in [0.3, 0.4) is 0 Å². The number of anilines is 1. The Morgan fingerprint density at radius 3 is 2.00 bits per heavy atom. The van der Waals surface area contributed by atoms with Gasteiger partial charge in [0, 0.05) is 5.69 Å². The van der Waals surface area contributed by atoms with Crippen molar-refractivity contribution in [2.45, 2.75) is 45.4 Å². The standard InChI is InChI=1S/C22H28N2O3/c1-21(2,3)16-11-13-18(14-12-16)23-19(25)15-27-24-20(26)22(4,5)17-9-7-6-8-10-17/h6-14H,15H2,1-5H3,(H,23,25)(H,24,26). The normalized spacial score (nSPS) is 11.7. The van der Waals surface area contributed by atoms with Gasteiger partial charge in [-0.15, -0.1) is 0 Å². The molecule has 27 heavy (non-hydrogen) atoms. The molecule has 0 aliphatic rings. The maximum atomic E-state index is 12.4. The van der Waals surface area contributed by atoms with Crippen LogP contribution in [0, 0.1) is 0 Å². The molecule has 5 heteroatoms. The van der Waals surface area contributed by atoms with Crippen LogP contribution in [0.1, 0.15) is 45.7 Å². The first-order chi connectivity index (χ1) is 12.6. The fourth-order valence-corrected chi connectivity index (χ4v) is 2.53. The lowest BCUT2D eigenvalue weighted by atomic mass is 9.84. The number of benzene rings is 2. The minimum atomic E-state index is -0.763. The van der Waals surface area contributed by atoms with Crippen molar-refractivity contribution >= 4 is 17.5 Å². The Hall–Kier alpha value is -2.66. The Kier molecular flexibility index (Phi) is 6.39. The predicted molar refractivity (Wildman–Crippen MR) is 107 cm³/mol. The number of amides is 2. The van der Waals surface area contributed by atoms with Gasteiger partial charge in [-0.05, 0) is 42.5 Å². The van der Waals surface area contributed by atoms with E-state index in [1.807, 2.05) is 54.6 Å². The summed E-state index contributed by atoms with van der Waals surface area (Å²) in [5.74, 6) is -0.646. The van der Waals surface area contributed by atoms with E-state index in [1.54, 1.807) is 13.8 Å². The van der Waals surface area contributed by atoms with Gasteiger partial charge < -0.3 is 5.32 Å². The van der Waals surface area contributed by atoms with Crippen LogP contribution in [-0.4, -0.2) is 18.4 Å². The molecular formula is C22H28N2O3. The summed E-state index contributed by atoms with van der Waals surface area (Å²) in [4.78, 5) is 29.5. The lowest BCUT2D eigenvalue weighted by molar-refractivity contribution is -0.141. The monoisotopic (exact) mass is 368 g/mol. The molecule has 0 unspecified atom stereocenters. The quantitative estimate of drug-likeness (QED) is 0.759. The van der Waals surface area contributed by atoms with Crippen LogP contribution < -0.4 is 10.8 Å². The molecule has 0 heterocycles. The highest BCUT2D eigenvalue weighted by atomic mass is 16.7. The van der Waals surface area contributed by atoms with Gasteiger partial charge in [0.05, 0.1) is 5.41 Å². The van der Waals surface area contributed by atoms with Gasteiger partial charge in [-0.2, -0.15) is 0 Å². The summed E-state index contributed by atoms with van der Waals surface area (Å²) in [5.41, 5.74) is 4.41. The first-order valence-corrected chi connectivity index (χ1v) is 8.99. The smallest absolute Gasteiger partial charge is 0.253 e. The van der Waals surface area contributed by atoms with Crippen molar-refractivity contribution in [1.29, 1.82) is 0 Å². The summed E-state index contributed by atoms with van der Waals surface area (Å²) in [6.45, 7) is 9.74. The summed E-state index contributed by atoms with van der Waals surface area (Å²) in [6, 6.07) is 17.1. The highest BCUT2D eigenvalue weighted by Gasteiger charge is 2.29. The second kappa shape index (κ2) is 8.35. The minimum Gasteiger partial charge on any atom is -0.324 e. The molecule has 0 bridgehead atoms. The van der Waals surface area contributed by atoms with Crippen LogP contribution in [0.4, 0.5) is 5.69 Å². The molecule has 0 aromatic heterocycles. The molecule has 2 aromatic carbocycles. The number of carbonyl (C=O) groups is 2. The molecule has 5 nitrogen and oxygen atoms in total. The molecular weight excluding hydrogens is 340 g/mol. The maximum Gasteiger partial charge on any atom is 0.253 e. The first kappa shape index (κ1) is 20.6. The molecule has 2 N–H and O–H groups in total. The predicted octanol–water partition coefficient (Wildman–Crippen LogP) is 3.95. The minimum absolute atomic E-state index is 0.0570. The highest BCUT2D eigenvalue weighted by Crippen LogP contribution is 2.24. The maximum absolute atomic E-state index is 12.4. The van der Waals surface area contributed by atoms with Crippen molar-refractivity contribution in [3.8, 4) is 0 Å². The Balaban J connectivity index is 1.83. The summed E-state index contributed by atoms with van der Waals surface area (Å²) >= 11 is 0. The second-order valence-electron chi connectivity index (χ2n) is 8.09. The lowest BCUT2D eigenvalue weighted by Gasteiger charge is -2.23. The molecule has 0 aliphatic heterocycles. The zero-order chi connectivity index (χ0) is 20.1. The van der Waals surface area contributed by atoms with Gasteiger partial charge in [-0.1, -0.05) is 63.2 Å². The average molecular weight is 368 g/mol. The Bertz CT molecular complexity index is 775. The first-order valence-electron chi connectivity index (χ1n) is 8.99. The Labute approximate surface area is 161 Å². The summed E-state index contributed by atoms with van der Waals surface area (Å²) in [7, 11) is 0. The number of carbonyl (C=O) groups excluding carboxylic acids is 2. The van der Waals surface area contributed by atoms with Gasteiger partial charge in [0.2, 0.25) is 0 Å². The van der Waals surface area contributed by atoms with E-state index in [2.05, 4.69) is 31.6 Å². The third kappa shape index (κ3) is 5.66. The molecule has 2 amide bonds. The van der Waals surface area contributed by atoms with Crippen LogP contribution in [-0.2, 0) is 25.3 Å². The largest absolute Gasteiger partial charge is 0.324 e. The third-order valence-electron chi connectivity index (χ3n) is 4.47. The molecule has 0 radical (unpaired) electrons. The molecule has 144 valence electrons. The molecule has 0 spiro atoms. The number of rotatable bonds is 6. The Morgan fingerprint density at radius 2 is 1.44 bits per heavy atom. The zero-order valence-electron chi connectivity index (χ0n) is 16.6. The fraction of sp³-hybridized carbons (Fsp3) is 0.364. The van der Waals surface area contributed by atoms with Crippen molar-refractivity contribution in [3.63, 3.8) is 0 Å². The molecule has 0 saturated heterocycles. The van der Waals surface area contributed by atoms with Crippen LogP contribution in [0.15, 0.2) is 54.6 Å². The molecule has 0 aliphatic carbocycles. The summed E-state index contributed by atoms with van der Waals surface area (Å²) < 4.78 is 0. The van der Waals surface area contributed by atoms with Crippen molar-refractivity contribution in [2.75, 3.05) is 11.9 Å². The van der Waals surface area contributed by atoms with Gasteiger partial charge in [0.25, 0.3) is 11.8 Å². The summed E-state index contributed by atoms with van der Waals surface area (Å²) in [5, 5.41) is 2.75. The van der Waals surface area contributed by atoms with Gasteiger partial charge in [-0.3, -0.25) is 14.4 Å². The van der Waals surface area contributed by atoms with Crippen molar-refractivity contribution in [1.82, 2.24) is 5.48 Å². The van der Waals surface area contributed by atoms with E-state index in [9.17, 15) is 9.59 Å². The number of hydrogen-bond acceptors (Lipinski definition) is 3. The van der Waals surface area contributed by atoms with Crippen molar-refractivity contribution in [3.05, 3.63) is 65.7 Å². The number of hydroxylamine groups is 1. The highest BCUT2D eigenvalue weighted by molar-refractivity contribution is 5.92. The van der Waals surface area contributed by atoms with E-state index >= 15 is 0 Å². The van der Waals surface area contributed by atoms with E-state index in [1.165, 1.54) is 5.56 Å². The fourth-order valence-electron chi connectivity index (χ4n) is 2.53. The van der Waals surface area contributed by atoms with E-state index in [0.717, 1.165) is 5.56 Å². The second-order valence-corrected chi connectivity index (χ2v) is 8.09. The van der Waals surface area contributed by atoms with Crippen molar-refractivity contribution < 1.29 is 14.4 Å². The average Bonchev–Trinajstić information content (AvgIpc) is 2.62. The van der Waals surface area contributed by atoms with Gasteiger partial charge in [0.15, 0.2) is 6.61 Å². The summed E-state index contributed by atoms with van der Waals surface area (Å²) in [6.07, 6.45) is 0. The molecule has 2 aromatic rings. The van der Waals surface area contributed by atoms with Gasteiger partial charge in [-0.25, -0.2) is 5.48 Å². The van der Waals surface area contributed by atoms with Crippen LogP contribution in [0.5, 0.6) is 0 Å². The Morgan fingerprint density at radius 1 is 0.852 bits per heavy atom. The topological polar surface area (TPSA) is 67.4 Å². The number of nitrogens with one attached hydrogen (secondary N) is 2. The third-order valence-corrected chi connectivity index (χ3v) is 4.47. The van der Waals surface area contributed by atoms with Crippen LogP contribution in [0.25, 0.3) is 0 Å². The molecule has 0 fully saturated rings. The molecule has 0 atom stereocenters. The van der Waals surface area contributed by atoms with E-state index in [-0.39, 0.29) is 23.8 Å². The van der Waals surface area contributed by atoms with E-state index in [4.69, 9.17) is 4.84 Å².